The number of aromatic nitrogens is 3. The molecule has 1 N–H and O–H groups in total. The third kappa shape index (κ3) is 2.44. The van der Waals surface area contributed by atoms with Gasteiger partial charge in [-0.05, 0) is 29.8 Å². The molecule has 0 unspecified atom stereocenters. The summed E-state index contributed by atoms with van der Waals surface area (Å²) in [6, 6.07) is 11.2. The number of nitrogens with one attached hydrogen (secondary N) is 1. The molecule has 0 fully saturated rings. The van der Waals surface area contributed by atoms with Crippen LogP contribution in [0.1, 0.15) is 16.1 Å². The van der Waals surface area contributed by atoms with Crippen LogP contribution in [0.3, 0.4) is 0 Å². The maximum Gasteiger partial charge on any atom is 0.272 e. The maximum absolute atomic E-state index is 12.0. The Kier molecular flexibility index (Phi) is 2.94. The number of pyridine rings is 2. The van der Waals surface area contributed by atoms with E-state index in [0.717, 1.165) is 11.1 Å². The first-order valence-electron chi connectivity index (χ1n) is 5.94. The summed E-state index contributed by atoms with van der Waals surface area (Å²) in [7, 11) is 0. The molecule has 0 atom stereocenters. The maximum atomic E-state index is 12.0. The molecule has 19 heavy (non-hydrogen) atoms. The van der Waals surface area contributed by atoms with Crippen molar-refractivity contribution >= 4 is 11.4 Å². The van der Waals surface area contributed by atoms with Gasteiger partial charge in [0.05, 0.1) is 5.52 Å². The molecular formula is C14H12N4O. The first-order valence-corrected chi connectivity index (χ1v) is 5.94. The molecule has 5 heteroatoms. The van der Waals surface area contributed by atoms with E-state index in [2.05, 4.69) is 15.4 Å². The summed E-state index contributed by atoms with van der Waals surface area (Å²) in [5.74, 6) is -0.187. The molecule has 1 amide bonds. The van der Waals surface area contributed by atoms with Crippen LogP contribution in [0.4, 0.5) is 0 Å². The largest absolute Gasteiger partial charge is 0.347 e. The van der Waals surface area contributed by atoms with E-state index >= 15 is 0 Å². The van der Waals surface area contributed by atoms with Crippen molar-refractivity contribution in [3.8, 4) is 0 Å². The second kappa shape index (κ2) is 4.89. The summed E-state index contributed by atoms with van der Waals surface area (Å²) >= 11 is 0. The van der Waals surface area contributed by atoms with Crippen LogP contribution in [0.2, 0.25) is 0 Å². The Balaban J connectivity index is 1.73. The fraction of sp³-hybridized carbons (Fsp3) is 0.0714. The van der Waals surface area contributed by atoms with Crippen LogP contribution in [0.5, 0.6) is 0 Å². The zero-order chi connectivity index (χ0) is 13.1. The average molecular weight is 252 g/mol. The standard InChI is InChI=1S/C14H12N4O/c19-14(16-10-11-4-3-6-15-9-11)13-8-12-5-1-2-7-18(12)17-13/h1-9H,10H2,(H,16,19). The number of carbonyl (C=O) groups is 1. The van der Waals surface area contributed by atoms with Crippen LogP contribution < -0.4 is 5.32 Å². The number of rotatable bonds is 3. The molecule has 0 saturated carbocycles. The minimum absolute atomic E-state index is 0.187. The van der Waals surface area contributed by atoms with Gasteiger partial charge >= 0.3 is 0 Å². The fourth-order valence-corrected chi connectivity index (χ4v) is 1.82. The van der Waals surface area contributed by atoms with Crippen LogP contribution >= 0.6 is 0 Å². The average Bonchev–Trinajstić information content (AvgIpc) is 2.90. The number of hydrogen-bond acceptors (Lipinski definition) is 3. The van der Waals surface area contributed by atoms with Crippen molar-refractivity contribution in [1.82, 2.24) is 19.9 Å². The summed E-state index contributed by atoms with van der Waals surface area (Å²) in [6.45, 7) is 0.445. The highest BCUT2D eigenvalue weighted by atomic mass is 16.1. The Morgan fingerprint density at radius 2 is 2.21 bits per heavy atom. The Labute approximate surface area is 109 Å². The number of fused-ring (bicyclic) bond motifs is 1. The van der Waals surface area contributed by atoms with Gasteiger partial charge in [0, 0.05) is 25.1 Å². The zero-order valence-electron chi connectivity index (χ0n) is 10.2. The SMILES string of the molecule is O=C(NCc1cccnc1)c1cc2ccccn2n1. The van der Waals surface area contributed by atoms with Crippen LogP contribution in [-0.4, -0.2) is 20.5 Å². The predicted molar refractivity (Wildman–Crippen MR) is 70.6 cm³/mol. The van der Waals surface area contributed by atoms with Crippen molar-refractivity contribution in [2.45, 2.75) is 6.54 Å². The highest BCUT2D eigenvalue weighted by molar-refractivity contribution is 5.93. The molecule has 0 aliphatic rings. The lowest BCUT2D eigenvalue weighted by Crippen LogP contribution is -2.23. The molecule has 3 aromatic rings. The Hall–Kier alpha value is -2.69. The molecule has 0 saturated heterocycles. The first-order chi connectivity index (χ1) is 9.33. The Morgan fingerprint density at radius 3 is 3.00 bits per heavy atom. The van der Waals surface area contributed by atoms with Gasteiger partial charge in [0.15, 0.2) is 5.69 Å². The van der Waals surface area contributed by atoms with E-state index in [9.17, 15) is 4.79 Å². The monoisotopic (exact) mass is 252 g/mol. The van der Waals surface area contributed by atoms with E-state index < -0.39 is 0 Å². The molecular weight excluding hydrogens is 240 g/mol. The number of carbonyl (C=O) groups excluding carboxylic acids is 1. The second-order valence-electron chi connectivity index (χ2n) is 4.14. The van der Waals surface area contributed by atoms with Crippen LogP contribution in [0.25, 0.3) is 5.52 Å². The molecule has 3 rings (SSSR count). The lowest BCUT2D eigenvalue weighted by molar-refractivity contribution is 0.0945. The van der Waals surface area contributed by atoms with Gasteiger partial charge in [-0.3, -0.25) is 9.78 Å². The van der Waals surface area contributed by atoms with Gasteiger partial charge in [-0.25, -0.2) is 4.52 Å². The molecule has 0 spiro atoms. The van der Waals surface area contributed by atoms with Crippen molar-refractivity contribution in [3.63, 3.8) is 0 Å². The molecule has 3 aromatic heterocycles. The van der Waals surface area contributed by atoms with Gasteiger partial charge in [0.1, 0.15) is 0 Å². The third-order valence-electron chi connectivity index (χ3n) is 2.78. The third-order valence-corrected chi connectivity index (χ3v) is 2.78. The van der Waals surface area contributed by atoms with Gasteiger partial charge in [0.2, 0.25) is 0 Å². The van der Waals surface area contributed by atoms with E-state index in [-0.39, 0.29) is 5.91 Å². The Bertz CT molecular complexity index is 673. The molecule has 0 aromatic carbocycles. The van der Waals surface area contributed by atoms with Crippen molar-refractivity contribution in [2.24, 2.45) is 0 Å². The number of nitrogens with zero attached hydrogens (tertiary/aromatic N) is 3. The summed E-state index contributed by atoms with van der Waals surface area (Å²) in [5.41, 5.74) is 2.27. The van der Waals surface area contributed by atoms with Crippen LogP contribution in [0, 0.1) is 0 Å². The molecule has 3 heterocycles. The Morgan fingerprint density at radius 1 is 1.26 bits per heavy atom. The zero-order valence-corrected chi connectivity index (χ0v) is 10.2. The molecule has 94 valence electrons. The van der Waals surface area contributed by atoms with Crippen LogP contribution in [-0.2, 0) is 6.54 Å². The van der Waals surface area contributed by atoms with Crippen LogP contribution in [0.15, 0.2) is 55.0 Å². The van der Waals surface area contributed by atoms with Gasteiger partial charge in [-0.1, -0.05) is 12.1 Å². The quantitative estimate of drug-likeness (QED) is 0.771. The summed E-state index contributed by atoms with van der Waals surface area (Å²) < 4.78 is 1.68. The number of amides is 1. The molecule has 0 radical (unpaired) electrons. The van der Waals surface area contributed by atoms with Gasteiger partial charge in [-0.15, -0.1) is 0 Å². The summed E-state index contributed by atoms with van der Waals surface area (Å²) in [5, 5.41) is 7.04. The fourth-order valence-electron chi connectivity index (χ4n) is 1.82. The van der Waals surface area contributed by atoms with E-state index in [0.29, 0.717) is 12.2 Å². The highest BCUT2D eigenvalue weighted by Crippen LogP contribution is 2.06. The summed E-state index contributed by atoms with van der Waals surface area (Å²) in [6.07, 6.45) is 5.24. The normalized spacial score (nSPS) is 10.5. The van der Waals surface area contributed by atoms with Crippen molar-refractivity contribution < 1.29 is 4.79 Å². The van der Waals surface area contributed by atoms with E-state index in [4.69, 9.17) is 0 Å². The molecule has 0 aliphatic carbocycles. The smallest absolute Gasteiger partial charge is 0.272 e. The molecule has 0 bridgehead atoms. The van der Waals surface area contributed by atoms with Gasteiger partial charge in [-0.2, -0.15) is 5.10 Å². The topological polar surface area (TPSA) is 59.3 Å². The van der Waals surface area contributed by atoms with Crippen molar-refractivity contribution in [3.05, 3.63) is 66.2 Å². The lowest BCUT2D eigenvalue weighted by Gasteiger charge is -2.02. The van der Waals surface area contributed by atoms with Gasteiger partial charge in [0.25, 0.3) is 5.91 Å². The second-order valence-corrected chi connectivity index (χ2v) is 4.14. The predicted octanol–water partition coefficient (Wildman–Crippen LogP) is 1.66. The van der Waals surface area contributed by atoms with Crippen molar-refractivity contribution in [1.29, 1.82) is 0 Å². The highest BCUT2D eigenvalue weighted by Gasteiger charge is 2.09. The minimum atomic E-state index is -0.187. The van der Waals surface area contributed by atoms with E-state index in [1.54, 1.807) is 23.0 Å². The summed E-state index contributed by atoms with van der Waals surface area (Å²) in [4.78, 5) is 16.0. The lowest BCUT2D eigenvalue weighted by atomic mass is 10.3. The minimum Gasteiger partial charge on any atom is -0.347 e. The van der Waals surface area contributed by atoms with E-state index in [1.165, 1.54) is 0 Å². The first kappa shape index (κ1) is 11.4. The molecule has 5 nitrogen and oxygen atoms in total. The van der Waals surface area contributed by atoms with E-state index in [1.807, 2.05) is 36.5 Å². The molecule has 0 aliphatic heterocycles. The van der Waals surface area contributed by atoms with Gasteiger partial charge < -0.3 is 5.32 Å². The van der Waals surface area contributed by atoms with Crippen molar-refractivity contribution in [2.75, 3.05) is 0 Å². The number of hydrogen-bond donors (Lipinski definition) is 1.